The van der Waals surface area contributed by atoms with Gasteiger partial charge in [-0.15, -0.1) is 0 Å². The predicted molar refractivity (Wildman–Crippen MR) is 98.0 cm³/mol. The van der Waals surface area contributed by atoms with Crippen molar-refractivity contribution in [1.29, 1.82) is 0 Å². The zero-order chi connectivity index (χ0) is 17.7. The molecule has 1 N–H and O–H groups in total. The van der Waals surface area contributed by atoms with Crippen LogP contribution in [-0.4, -0.2) is 15.6 Å². The number of unbranched alkanes of at least 4 members (excludes halogenated alkanes) is 3. The number of hydrogen-bond donors (Lipinski definition) is 1. The predicted octanol–water partition coefficient (Wildman–Crippen LogP) is 4.79. The van der Waals surface area contributed by atoms with Gasteiger partial charge in [0.05, 0.1) is 11.1 Å². The molecule has 1 heterocycles. The summed E-state index contributed by atoms with van der Waals surface area (Å²) in [6, 6.07) is 6.71. The van der Waals surface area contributed by atoms with Crippen molar-refractivity contribution in [2.75, 3.05) is 0 Å². The maximum Gasteiger partial charge on any atom is 0.335 e. The number of rotatable bonds is 8. The lowest BCUT2D eigenvalue weighted by molar-refractivity contribution is 0.0697. The Morgan fingerprint density at radius 2 is 1.92 bits per heavy atom. The molecule has 0 bridgehead atoms. The molecule has 0 aliphatic carbocycles. The number of aromatic nitrogens is 1. The minimum absolute atomic E-state index is 0.00775. The monoisotopic (exact) mass is 329 g/mol. The number of carboxylic acid groups (broad SMARTS) is 1. The molecule has 0 saturated heterocycles. The van der Waals surface area contributed by atoms with Gasteiger partial charge in [0.1, 0.15) is 0 Å². The minimum Gasteiger partial charge on any atom is -0.478 e. The Labute approximate surface area is 143 Å². The molecule has 1 aromatic carbocycles. The molecule has 1 atom stereocenters. The molecule has 1 aromatic heterocycles. The Kier molecular flexibility index (Phi) is 6.18. The molecule has 24 heavy (non-hydrogen) atoms. The fourth-order valence-electron chi connectivity index (χ4n) is 3.12. The van der Waals surface area contributed by atoms with Crippen LogP contribution >= 0.6 is 0 Å². The van der Waals surface area contributed by atoms with Crippen molar-refractivity contribution in [1.82, 2.24) is 4.57 Å². The van der Waals surface area contributed by atoms with Crippen LogP contribution in [0.25, 0.3) is 10.9 Å². The van der Waals surface area contributed by atoms with E-state index in [-0.39, 0.29) is 17.0 Å². The first-order valence-electron chi connectivity index (χ1n) is 8.90. The van der Waals surface area contributed by atoms with Crippen molar-refractivity contribution < 1.29 is 9.90 Å². The second-order valence-corrected chi connectivity index (χ2v) is 6.50. The number of aryl methyl sites for hydroxylation is 1. The summed E-state index contributed by atoms with van der Waals surface area (Å²) in [6.45, 7) is 7.01. The van der Waals surface area contributed by atoms with Crippen LogP contribution in [0, 0.1) is 0 Å². The quantitative estimate of drug-likeness (QED) is 0.708. The molecule has 1 unspecified atom stereocenters. The lowest BCUT2D eigenvalue weighted by Crippen LogP contribution is -2.21. The third kappa shape index (κ3) is 3.86. The van der Waals surface area contributed by atoms with Gasteiger partial charge in [0.15, 0.2) is 0 Å². The van der Waals surface area contributed by atoms with Crippen LogP contribution in [0.3, 0.4) is 0 Å². The molecule has 0 saturated carbocycles. The van der Waals surface area contributed by atoms with Crippen molar-refractivity contribution >= 4 is 16.9 Å². The van der Waals surface area contributed by atoms with Crippen LogP contribution in [0.15, 0.2) is 29.1 Å². The van der Waals surface area contributed by atoms with E-state index in [9.17, 15) is 14.7 Å². The molecule has 4 heteroatoms. The molecule has 0 amide bonds. The van der Waals surface area contributed by atoms with Crippen molar-refractivity contribution in [3.63, 3.8) is 0 Å². The normalized spacial score (nSPS) is 12.5. The minimum atomic E-state index is -0.929. The highest BCUT2D eigenvalue weighted by atomic mass is 16.4. The van der Waals surface area contributed by atoms with E-state index >= 15 is 0 Å². The topological polar surface area (TPSA) is 59.3 Å². The first-order valence-corrected chi connectivity index (χ1v) is 8.90. The zero-order valence-electron chi connectivity index (χ0n) is 14.8. The van der Waals surface area contributed by atoms with E-state index in [1.165, 1.54) is 6.42 Å². The van der Waals surface area contributed by atoms with Crippen molar-refractivity contribution in [3.05, 3.63) is 45.7 Å². The maximum atomic E-state index is 12.4. The maximum absolute atomic E-state index is 12.4. The average Bonchev–Trinajstić information content (AvgIpc) is 2.58. The van der Waals surface area contributed by atoms with Gasteiger partial charge in [0, 0.05) is 12.6 Å². The summed E-state index contributed by atoms with van der Waals surface area (Å²) < 4.78 is 1.83. The van der Waals surface area contributed by atoms with Gasteiger partial charge in [-0.05, 0) is 47.9 Å². The Morgan fingerprint density at radius 1 is 1.17 bits per heavy atom. The molecule has 0 spiro atoms. The van der Waals surface area contributed by atoms with Gasteiger partial charge in [0.2, 0.25) is 0 Å². The van der Waals surface area contributed by atoms with E-state index in [2.05, 4.69) is 20.8 Å². The number of pyridine rings is 1. The molecule has 0 aliphatic heterocycles. The first kappa shape index (κ1) is 18.2. The number of hydrogen-bond acceptors (Lipinski definition) is 2. The second-order valence-electron chi connectivity index (χ2n) is 6.50. The fourth-order valence-corrected chi connectivity index (χ4v) is 3.12. The fraction of sp³-hybridized carbons (Fsp3) is 0.500. The molecule has 0 radical (unpaired) electrons. The van der Waals surface area contributed by atoms with Crippen molar-refractivity contribution in [2.24, 2.45) is 0 Å². The molecular formula is C20H27NO3. The highest BCUT2D eigenvalue weighted by Crippen LogP contribution is 2.29. The van der Waals surface area contributed by atoms with Crippen LogP contribution in [0.2, 0.25) is 0 Å². The van der Waals surface area contributed by atoms with E-state index in [0.29, 0.717) is 6.54 Å². The third-order valence-electron chi connectivity index (χ3n) is 4.74. The van der Waals surface area contributed by atoms with Crippen LogP contribution in [0.1, 0.15) is 74.7 Å². The summed E-state index contributed by atoms with van der Waals surface area (Å²) in [5.41, 5.74) is 2.14. The summed E-state index contributed by atoms with van der Waals surface area (Å²) >= 11 is 0. The molecule has 4 nitrogen and oxygen atoms in total. The van der Waals surface area contributed by atoms with E-state index in [1.54, 1.807) is 24.3 Å². The van der Waals surface area contributed by atoms with Gasteiger partial charge < -0.3 is 9.67 Å². The Bertz CT molecular complexity index is 776. The van der Waals surface area contributed by atoms with Crippen LogP contribution < -0.4 is 5.56 Å². The number of carbonyl (C=O) groups is 1. The van der Waals surface area contributed by atoms with Crippen molar-refractivity contribution in [2.45, 2.75) is 65.3 Å². The summed E-state index contributed by atoms with van der Waals surface area (Å²) in [7, 11) is 0. The Hall–Kier alpha value is -2.10. The highest BCUT2D eigenvalue weighted by molar-refractivity contribution is 5.95. The Balaban J connectivity index is 2.61. The van der Waals surface area contributed by atoms with Gasteiger partial charge in [-0.1, -0.05) is 40.0 Å². The highest BCUT2D eigenvalue weighted by Gasteiger charge is 2.16. The third-order valence-corrected chi connectivity index (χ3v) is 4.74. The summed E-state index contributed by atoms with van der Waals surface area (Å²) in [5.74, 6) is -0.724. The molecule has 0 fully saturated rings. The number of fused-ring (bicyclic) bond motifs is 1. The van der Waals surface area contributed by atoms with Gasteiger partial charge in [-0.3, -0.25) is 4.79 Å². The number of carboxylic acids is 1. The molecule has 2 rings (SSSR count). The largest absolute Gasteiger partial charge is 0.478 e. The van der Waals surface area contributed by atoms with E-state index in [1.807, 2.05) is 4.57 Å². The van der Waals surface area contributed by atoms with E-state index in [4.69, 9.17) is 0 Å². The molecule has 130 valence electrons. The summed E-state index contributed by atoms with van der Waals surface area (Å²) in [4.78, 5) is 23.9. The summed E-state index contributed by atoms with van der Waals surface area (Å²) in [5, 5.41) is 10.2. The standard InChI is InChI=1S/C20H27NO3/c1-4-6-7-8-11-21-18(22)10-9-15-12-16(20(23)24)13-17(19(15)21)14(3)5-2/h9-10,12-14H,4-8,11H2,1-3H3,(H,23,24). The van der Waals surface area contributed by atoms with Gasteiger partial charge >= 0.3 is 5.97 Å². The molecule has 2 aromatic rings. The summed E-state index contributed by atoms with van der Waals surface area (Å²) in [6.07, 6.45) is 5.29. The van der Waals surface area contributed by atoms with Gasteiger partial charge in [-0.2, -0.15) is 0 Å². The SMILES string of the molecule is CCCCCCn1c(=O)ccc2cc(C(=O)O)cc(C(C)CC)c21. The average molecular weight is 329 g/mol. The Morgan fingerprint density at radius 3 is 2.54 bits per heavy atom. The molecule has 0 aliphatic rings. The molecular weight excluding hydrogens is 302 g/mol. The van der Waals surface area contributed by atoms with Gasteiger partial charge in [-0.25, -0.2) is 4.79 Å². The smallest absolute Gasteiger partial charge is 0.335 e. The first-order chi connectivity index (χ1) is 11.5. The zero-order valence-corrected chi connectivity index (χ0v) is 14.8. The second kappa shape index (κ2) is 8.13. The van der Waals surface area contributed by atoms with Crippen molar-refractivity contribution in [3.8, 4) is 0 Å². The lowest BCUT2D eigenvalue weighted by atomic mass is 9.93. The van der Waals surface area contributed by atoms with Crippen LogP contribution in [-0.2, 0) is 6.54 Å². The van der Waals surface area contributed by atoms with E-state index < -0.39 is 5.97 Å². The van der Waals surface area contributed by atoms with E-state index in [0.717, 1.165) is 42.1 Å². The number of nitrogens with zero attached hydrogens (tertiary/aromatic N) is 1. The number of aromatic carboxylic acids is 1. The van der Waals surface area contributed by atoms with Crippen LogP contribution in [0.4, 0.5) is 0 Å². The van der Waals surface area contributed by atoms with Crippen LogP contribution in [0.5, 0.6) is 0 Å². The van der Waals surface area contributed by atoms with Gasteiger partial charge in [0.25, 0.3) is 5.56 Å². The number of benzene rings is 1. The lowest BCUT2D eigenvalue weighted by Gasteiger charge is -2.18.